The van der Waals surface area contributed by atoms with Gasteiger partial charge in [0.15, 0.2) is 0 Å². The second-order valence-electron chi connectivity index (χ2n) is 4.08. The van der Waals surface area contributed by atoms with Gasteiger partial charge in [0.25, 0.3) is 0 Å². The second-order valence-corrected chi connectivity index (χ2v) is 5.30. The first-order valence-corrected chi connectivity index (χ1v) is 6.24. The van der Waals surface area contributed by atoms with E-state index in [1.807, 2.05) is 25.6 Å². The summed E-state index contributed by atoms with van der Waals surface area (Å²) in [4.78, 5) is 0. The van der Waals surface area contributed by atoms with Crippen LogP contribution in [0.4, 0.5) is 0 Å². The number of hydrogen-bond acceptors (Lipinski definition) is 4. The van der Waals surface area contributed by atoms with Crippen LogP contribution < -0.4 is 5.73 Å². The van der Waals surface area contributed by atoms with Crippen LogP contribution in [-0.4, -0.2) is 36.3 Å². The molecule has 0 heterocycles. The summed E-state index contributed by atoms with van der Waals surface area (Å²) in [6, 6.07) is 0. The summed E-state index contributed by atoms with van der Waals surface area (Å²) < 4.78 is 4.96. The minimum absolute atomic E-state index is 0.219. The Bertz CT molecular complexity index is 196. The van der Waals surface area contributed by atoms with Gasteiger partial charge < -0.3 is 15.7 Å². The number of oxime groups is 1. The molecule has 3 N–H and O–H groups in total. The van der Waals surface area contributed by atoms with E-state index in [0.717, 1.165) is 31.0 Å². The Morgan fingerprint density at radius 3 is 2.67 bits per heavy atom. The quantitative estimate of drug-likeness (QED) is 0.221. The summed E-state index contributed by atoms with van der Waals surface area (Å²) in [5.74, 6) is 2.42. The largest absolute Gasteiger partial charge is 0.409 e. The lowest BCUT2D eigenvalue weighted by Crippen LogP contribution is -2.32. The van der Waals surface area contributed by atoms with Gasteiger partial charge in [-0.1, -0.05) is 19.0 Å². The van der Waals surface area contributed by atoms with Crippen LogP contribution in [0.3, 0.4) is 0 Å². The molecule has 0 aliphatic rings. The molecular formula is C10H22N2O2S. The molecule has 0 aromatic heterocycles. The van der Waals surface area contributed by atoms with Crippen LogP contribution >= 0.6 is 11.8 Å². The number of rotatable bonds is 8. The van der Waals surface area contributed by atoms with Crippen LogP contribution in [0.2, 0.25) is 0 Å². The number of hydrogen-bond donors (Lipinski definition) is 2. The molecule has 5 heteroatoms. The molecule has 0 radical (unpaired) electrons. The van der Waals surface area contributed by atoms with Gasteiger partial charge in [-0.15, -0.1) is 0 Å². The van der Waals surface area contributed by atoms with Crippen LogP contribution in [0.15, 0.2) is 5.16 Å². The van der Waals surface area contributed by atoms with E-state index >= 15 is 0 Å². The minimum atomic E-state index is -0.219. The highest BCUT2D eigenvalue weighted by molar-refractivity contribution is 7.99. The Balaban J connectivity index is 3.58. The summed E-state index contributed by atoms with van der Waals surface area (Å²) in [6.07, 6.45) is 1.99. The molecule has 0 unspecified atom stereocenters. The third-order valence-electron chi connectivity index (χ3n) is 2.31. The number of nitrogens with zero attached hydrogens (tertiary/aromatic N) is 1. The van der Waals surface area contributed by atoms with Crippen molar-refractivity contribution in [2.75, 3.05) is 25.2 Å². The lowest BCUT2D eigenvalue weighted by Gasteiger charge is -2.22. The van der Waals surface area contributed by atoms with Gasteiger partial charge in [0.1, 0.15) is 5.84 Å². The van der Waals surface area contributed by atoms with E-state index < -0.39 is 0 Å². The fourth-order valence-electron chi connectivity index (χ4n) is 0.998. The molecule has 0 aromatic carbocycles. The molecule has 0 aliphatic heterocycles. The summed E-state index contributed by atoms with van der Waals surface area (Å²) in [6.45, 7) is 4.78. The third-order valence-corrected chi connectivity index (χ3v) is 3.38. The summed E-state index contributed by atoms with van der Waals surface area (Å²) in [5, 5.41) is 11.6. The summed E-state index contributed by atoms with van der Waals surface area (Å²) >= 11 is 1.88. The summed E-state index contributed by atoms with van der Waals surface area (Å²) in [7, 11) is 1.71. The van der Waals surface area contributed by atoms with Gasteiger partial charge in [0, 0.05) is 19.1 Å². The predicted molar refractivity (Wildman–Crippen MR) is 65.6 cm³/mol. The van der Waals surface area contributed by atoms with Crippen LogP contribution in [0.1, 0.15) is 26.7 Å². The highest BCUT2D eigenvalue weighted by Crippen LogP contribution is 2.23. The maximum absolute atomic E-state index is 8.58. The van der Waals surface area contributed by atoms with Gasteiger partial charge in [-0.3, -0.25) is 0 Å². The first-order chi connectivity index (χ1) is 7.04. The van der Waals surface area contributed by atoms with Crippen molar-refractivity contribution >= 4 is 17.6 Å². The monoisotopic (exact) mass is 234 g/mol. The average Bonchev–Trinajstić information content (AvgIpc) is 2.22. The molecule has 4 nitrogen and oxygen atoms in total. The van der Waals surface area contributed by atoms with Crippen molar-refractivity contribution in [3.8, 4) is 0 Å². The molecular weight excluding hydrogens is 212 g/mol. The van der Waals surface area contributed by atoms with Crippen molar-refractivity contribution in [2.24, 2.45) is 16.3 Å². The summed E-state index contributed by atoms with van der Waals surface area (Å²) in [5.41, 5.74) is 5.36. The molecule has 0 saturated carbocycles. The van der Waals surface area contributed by atoms with Gasteiger partial charge in [0.05, 0.1) is 0 Å². The lowest BCUT2D eigenvalue weighted by molar-refractivity contribution is 0.200. The van der Waals surface area contributed by atoms with E-state index in [0.29, 0.717) is 5.84 Å². The molecule has 15 heavy (non-hydrogen) atoms. The zero-order valence-corrected chi connectivity index (χ0v) is 10.6. The van der Waals surface area contributed by atoms with Gasteiger partial charge in [-0.05, 0) is 24.3 Å². The smallest absolute Gasteiger partial charge is 0.144 e. The van der Waals surface area contributed by atoms with E-state index in [1.165, 1.54) is 0 Å². The fraction of sp³-hybridized carbons (Fsp3) is 0.900. The molecule has 0 spiro atoms. The highest BCUT2D eigenvalue weighted by Gasteiger charge is 2.22. The van der Waals surface area contributed by atoms with E-state index in [9.17, 15) is 0 Å². The maximum Gasteiger partial charge on any atom is 0.144 e. The molecule has 0 aromatic rings. The number of ether oxygens (including phenoxy) is 1. The predicted octanol–water partition coefficient (Wildman–Crippen LogP) is 1.92. The molecule has 0 atom stereocenters. The van der Waals surface area contributed by atoms with Crippen molar-refractivity contribution in [3.05, 3.63) is 0 Å². The van der Waals surface area contributed by atoms with Gasteiger partial charge in [0.2, 0.25) is 0 Å². The van der Waals surface area contributed by atoms with E-state index in [4.69, 9.17) is 15.7 Å². The second kappa shape index (κ2) is 7.82. The maximum atomic E-state index is 8.58. The van der Waals surface area contributed by atoms with Crippen molar-refractivity contribution < 1.29 is 9.94 Å². The van der Waals surface area contributed by atoms with Gasteiger partial charge in [-0.25, -0.2) is 0 Å². The third kappa shape index (κ3) is 6.62. The van der Waals surface area contributed by atoms with Crippen molar-refractivity contribution in [3.63, 3.8) is 0 Å². The molecule has 90 valence electrons. The number of thioether (sulfide) groups is 1. The van der Waals surface area contributed by atoms with E-state index in [2.05, 4.69) is 5.16 Å². The molecule has 0 amide bonds. The number of methoxy groups -OCH3 is 1. The van der Waals surface area contributed by atoms with Crippen molar-refractivity contribution in [2.45, 2.75) is 26.7 Å². The Labute approximate surface area is 96.2 Å². The first kappa shape index (κ1) is 14.6. The Hall–Kier alpha value is -0.420. The Morgan fingerprint density at radius 2 is 2.13 bits per heavy atom. The molecule has 0 bridgehead atoms. The Morgan fingerprint density at radius 1 is 1.47 bits per heavy atom. The van der Waals surface area contributed by atoms with Crippen LogP contribution in [0.5, 0.6) is 0 Å². The molecule has 0 fully saturated rings. The van der Waals surface area contributed by atoms with Crippen LogP contribution in [0, 0.1) is 5.41 Å². The van der Waals surface area contributed by atoms with Gasteiger partial charge in [-0.2, -0.15) is 11.8 Å². The molecule has 0 rings (SSSR count). The Kier molecular flexibility index (Phi) is 7.60. The van der Waals surface area contributed by atoms with Crippen LogP contribution in [0.25, 0.3) is 0 Å². The van der Waals surface area contributed by atoms with Gasteiger partial charge >= 0.3 is 0 Å². The first-order valence-electron chi connectivity index (χ1n) is 5.09. The fourth-order valence-corrected chi connectivity index (χ4v) is 2.18. The number of nitrogens with two attached hydrogens (primary N) is 1. The molecule has 0 aliphatic carbocycles. The molecule has 0 saturated heterocycles. The topological polar surface area (TPSA) is 67.8 Å². The highest BCUT2D eigenvalue weighted by atomic mass is 32.2. The zero-order valence-electron chi connectivity index (χ0n) is 9.82. The number of amidine groups is 1. The SMILES string of the molecule is COCCCSCCC(C)(C)C(N)=NO. The van der Waals surface area contributed by atoms with Crippen molar-refractivity contribution in [1.82, 2.24) is 0 Å². The standard InChI is InChI=1S/C10H22N2O2S/c1-10(2,9(11)12-13)5-8-15-7-4-6-14-3/h13H,4-8H2,1-3H3,(H2,11,12). The lowest BCUT2D eigenvalue weighted by atomic mass is 9.89. The van der Waals surface area contributed by atoms with Crippen LogP contribution in [-0.2, 0) is 4.74 Å². The minimum Gasteiger partial charge on any atom is -0.409 e. The normalized spacial score (nSPS) is 13.1. The van der Waals surface area contributed by atoms with E-state index in [1.54, 1.807) is 7.11 Å². The average molecular weight is 234 g/mol. The van der Waals surface area contributed by atoms with Crippen molar-refractivity contribution in [1.29, 1.82) is 0 Å². The zero-order chi connectivity index (χ0) is 11.7. The van der Waals surface area contributed by atoms with E-state index in [-0.39, 0.29) is 5.41 Å².